The number of piperidine rings is 1. The van der Waals surface area contributed by atoms with Gasteiger partial charge in [0.25, 0.3) is 0 Å². The van der Waals surface area contributed by atoms with Crippen molar-refractivity contribution >= 4 is 17.8 Å². The highest BCUT2D eigenvalue weighted by Crippen LogP contribution is 2.30. The molecule has 2 fully saturated rings. The molecule has 0 bridgehead atoms. The van der Waals surface area contributed by atoms with Gasteiger partial charge in [-0.25, -0.2) is 0 Å². The molecule has 2 heterocycles. The van der Waals surface area contributed by atoms with Crippen LogP contribution in [0.2, 0.25) is 0 Å². The molecule has 6 nitrogen and oxygen atoms in total. The van der Waals surface area contributed by atoms with E-state index in [1.54, 1.807) is 0 Å². The first-order valence-electron chi connectivity index (χ1n) is 7.20. The van der Waals surface area contributed by atoms with Gasteiger partial charge in [-0.15, -0.1) is 0 Å². The lowest BCUT2D eigenvalue weighted by atomic mass is 10.1. The molecule has 1 aromatic rings. The van der Waals surface area contributed by atoms with Crippen LogP contribution in [0, 0.1) is 5.92 Å². The van der Waals surface area contributed by atoms with E-state index in [4.69, 9.17) is 5.73 Å². The summed E-state index contributed by atoms with van der Waals surface area (Å²) in [5.74, 6) is 2.58. The predicted octanol–water partition coefficient (Wildman–Crippen LogP) is 1.29. The van der Waals surface area contributed by atoms with Crippen molar-refractivity contribution in [2.24, 2.45) is 5.92 Å². The largest absolute Gasteiger partial charge is 0.368 e. The molecular formula is C13H22N6. The van der Waals surface area contributed by atoms with Gasteiger partial charge in [0.05, 0.1) is 0 Å². The normalized spacial score (nSPS) is 19.5. The van der Waals surface area contributed by atoms with Gasteiger partial charge >= 0.3 is 0 Å². The minimum absolute atomic E-state index is 0.327. The number of hydrogen-bond acceptors (Lipinski definition) is 6. The maximum Gasteiger partial charge on any atom is 0.231 e. The Hall–Kier alpha value is -1.59. The van der Waals surface area contributed by atoms with E-state index >= 15 is 0 Å². The second kappa shape index (κ2) is 5.19. The zero-order valence-electron chi connectivity index (χ0n) is 11.5. The Labute approximate surface area is 114 Å². The van der Waals surface area contributed by atoms with Crippen LogP contribution in [-0.4, -0.2) is 41.6 Å². The Kier molecular flexibility index (Phi) is 3.40. The maximum absolute atomic E-state index is 5.83. The van der Waals surface area contributed by atoms with Gasteiger partial charge in [0, 0.05) is 26.7 Å². The Morgan fingerprint density at radius 3 is 2.58 bits per heavy atom. The number of hydrogen-bond donors (Lipinski definition) is 1. The fourth-order valence-corrected chi connectivity index (χ4v) is 2.54. The van der Waals surface area contributed by atoms with Gasteiger partial charge in [-0.2, -0.15) is 15.0 Å². The maximum atomic E-state index is 5.83. The third kappa shape index (κ3) is 3.05. The summed E-state index contributed by atoms with van der Waals surface area (Å²) in [5, 5.41) is 0. The summed E-state index contributed by atoms with van der Waals surface area (Å²) >= 11 is 0. The lowest BCUT2D eigenvalue weighted by Gasteiger charge is -2.27. The van der Waals surface area contributed by atoms with Gasteiger partial charge in [-0.3, -0.25) is 0 Å². The summed E-state index contributed by atoms with van der Waals surface area (Å²) in [6.07, 6.45) is 6.36. The van der Waals surface area contributed by atoms with Crippen molar-refractivity contribution < 1.29 is 0 Å². The Morgan fingerprint density at radius 2 is 1.89 bits per heavy atom. The van der Waals surface area contributed by atoms with Crippen LogP contribution in [-0.2, 0) is 0 Å². The molecule has 2 aliphatic rings. The second-order valence-corrected chi connectivity index (χ2v) is 5.67. The smallest absolute Gasteiger partial charge is 0.231 e. The topological polar surface area (TPSA) is 71.2 Å². The van der Waals surface area contributed by atoms with Crippen molar-refractivity contribution in [3.8, 4) is 0 Å². The molecule has 1 saturated heterocycles. The van der Waals surface area contributed by atoms with Gasteiger partial charge in [0.2, 0.25) is 17.8 Å². The van der Waals surface area contributed by atoms with Crippen LogP contribution in [0.1, 0.15) is 32.1 Å². The van der Waals surface area contributed by atoms with E-state index in [-0.39, 0.29) is 0 Å². The van der Waals surface area contributed by atoms with Crippen molar-refractivity contribution in [2.75, 3.05) is 42.2 Å². The van der Waals surface area contributed by atoms with Gasteiger partial charge < -0.3 is 15.5 Å². The van der Waals surface area contributed by atoms with E-state index in [1.807, 2.05) is 7.05 Å². The van der Waals surface area contributed by atoms with Gasteiger partial charge in [-0.1, -0.05) is 0 Å². The molecule has 1 aromatic heterocycles. The van der Waals surface area contributed by atoms with Crippen molar-refractivity contribution in [1.29, 1.82) is 0 Å². The van der Waals surface area contributed by atoms with Crippen molar-refractivity contribution in [3.05, 3.63) is 0 Å². The molecule has 3 rings (SSSR count). The first kappa shape index (κ1) is 12.4. The summed E-state index contributed by atoms with van der Waals surface area (Å²) in [6, 6.07) is 0. The first-order valence-corrected chi connectivity index (χ1v) is 7.20. The highest BCUT2D eigenvalue weighted by molar-refractivity contribution is 5.43. The van der Waals surface area contributed by atoms with Gasteiger partial charge in [-0.05, 0) is 38.0 Å². The van der Waals surface area contributed by atoms with Crippen molar-refractivity contribution in [3.63, 3.8) is 0 Å². The minimum atomic E-state index is 0.327. The van der Waals surface area contributed by atoms with E-state index in [1.165, 1.54) is 32.1 Å². The lowest BCUT2D eigenvalue weighted by molar-refractivity contribution is 0.567. The van der Waals surface area contributed by atoms with E-state index in [0.29, 0.717) is 11.9 Å². The minimum Gasteiger partial charge on any atom is -0.368 e. The summed E-state index contributed by atoms with van der Waals surface area (Å²) in [5.41, 5.74) is 5.83. The number of nitrogen functional groups attached to an aromatic ring is 1. The first-order chi connectivity index (χ1) is 9.22. The van der Waals surface area contributed by atoms with Crippen molar-refractivity contribution in [2.45, 2.75) is 32.1 Å². The third-order valence-corrected chi connectivity index (χ3v) is 3.84. The Morgan fingerprint density at radius 1 is 1.16 bits per heavy atom. The number of nitrogens with two attached hydrogens (primary N) is 1. The Balaban J connectivity index is 1.77. The molecule has 1 saturated carbocycles. The molecule has 0 amide bonds. The van der Waals surface area contributed by atoms with E-state index in [9.17, 15) is 0 Å². The van der Waals surface area contributed by atoms with Crippen LogP contribution >= 0.6 is 0 Å². The zero-order valence-corrected chi connectivity index (χ0v) is 11.5. The molecule has 0 atom stereocenters. The van der Waals surface area contributed by atoms with Crippen LogP contribution in [0.15, 0.2) is 0 Å². The highest BCUT2D eigenvalue weighted by atomic mass is 15.3. The van der Waals surface area contributed by atoms with Crippen LogP contribution in [0.4, 0.5) is 17.8 Å². The molecule has 19 heavy (non-hydrogen) atoms. The van der Waals surface area contributed by atoms with Crippen LogP contribution < -0.4 is 15.5 Å². The summed E-state index contributed by atoms with van der Waals surface area (Å²) in [6.45, 7) is 3.06. The van der Waals surface area contributed by atoms with E-state index in [2.05, 4.69) is 24.8 Å². The number of rotatable bonds is 4. The average molecular weight is 262 g/mol. The monoisotopic (exact) mass is 262 g/mol. The van der Waals surface area contributed by atoms with Gasteiger partial charge in [0.1, 0.15) is 0 Å². The molecule has 6 heteroatoms. The van der Waals surface area contributed by atoms with E-state index < -0.39 is 0 Å². The fraction of sp³-hybridized carbons (Fsp3) is 0.769. The number of nitrogens with zero attached hydrogens (tertiary/aromatic N) is 5. The fourth-order valence-electron chi connectivity index (χ4n) is 2.54. The Bertz CT molecular complexity index is 439. The third-order valence-electron chi connectivity index (χ3n) is 3.84. The SMILES string of the molecule is CN(CC1CC1)c1nc(N)nc(N2CCCCC2)n1. The second-order valence-electron chi connectivity index (χ2n) is 5.67. The van der Waals surface area contributed by atoms with Crippen molar-refractivity contribution in [1.82, 2.24) is 15.0 Å². The zero-order chi connectivity index (χ0) is 13.2. The molecule has 0 radical (unpaired) electrons. The molecule has 1 aliphatic heterocycles. The molecule has 0 aromatic carbocycles. The standard InChI is InChI=1S/C13H22N6/c1-18(9-10-5-6-10)12-15-11(14)16-13(17-12)19-7-3-2-4-8-19/h10H,2-9H2,1H3,(H2,14,15,16,17). The molecule has 104 valence electrons. The summed E-state index contributed by atoms with van der Waals surface area (Å²) in [4.78, 5) is 17.5. The highest BCUT2D eigenvalue weighted by Gasteiger charge is 2.24. The summed E-state index contributed by atoms with van der Waals surface area (Å²) < 4.78 is 0. The lowest BCUT2D eigenvalue weighted by Crippen LogP contribution is -2.32. The average Bonchev–Trinajstić information content (AvgIpc) is 3.23. The van der Waals surface area contributed by atoms with Crippen LogP contribution in [0.3, 0.4) is 0 Å². The molecular weight excluding hydrogens is 240 g/mol. The summed E-state index contributed by atoms with van der Waals surface area (Å²) in [7, 11) is 2.03. The van der Waals surface area contributed by atoms with Crippen LogP contribution in [0.25, 0.3) is 0 Å². The number of anilines is 3. The molecule has 2 N–H and O–H groups in total. The van der Waals surface area contributed by atoms with E-state index in [0.717, 1.165) is 31.5 Å². The number of aromatic nitrogens is 3. The molecule has 1 aliphatic carbocycles. The molecule has 0 unspecified atom stereocenters. The van der Waals surface area contributed by atoms with Gasteiger partial charge in [0.15, 0.2) is 0 Å². The molecule has 0 spiro atoms. The quantitative estimate of drug-likeness (QED) is 0.881. The van der Waals surface area contributed by atoms with Crippen LogP contribution in [0.5, 0.6) is 0 Å². The predicted molar refractivity (Wildman–Crippen MR) is 76.3 cm³/mol.